The van der Waals surface area contributed by atoms with E-state index in [-0.39, 0.29) is 12.5 Å². The highest BCUT2D eigenvalue weighted by atomic mass is 16.4. The van der Waals surface area contributed by atoms with Crippen molar-refractivity contribution in [2.75, 3.05) is 33.2 Å². The Hall–Kier alpha value is -1.56. The Morgan fingerprint density at radius 3 is 2.25 bits per heavy atom. The van der Waals surface area contributed by atoms with Gasteiger partial charge in [-0.3, -0.25) is 4.79 Å². The lowest BCUT2D eigenvalue weighted by atomic mass is 10.2. The Balaban J connectivity index is 0.000000361. The van der Waals surface area contributed by atoms with Gasteiger partial charge in [0, 0.05) is 26.2 Å². The van der Waals surface area contributed by atoms with Crippen molar-refractivity contribution in [1.29, 1.82) is 0 Å². The van der Waals surface area contributed by atoms with Crippen LogP contribution in [0, 0.1) is 0 Å². The molecule has 1 saturated heterocycles. The van der Waals surface area contributed by atoms with Gasteiger partial charge < -0.3 is 20.6 Å². The van der Waals surface area contributed by atoms with E-state index in [1.54, 1.807) is 11.0 Å². The summed E-state index contributed by atoms with van der Waals surface area (Å²) in [7, 11) is 1.87. The number of primary amides is 1. The van der Waals surface area contributed by atoms with Crippen molar-refractivity contribution in [1.82, 2.24) is 9.80 Å². The minimum Gasteiger partial charge on any atom is -0.481 e. The number of hydrogen-bond acceptors (Lipinski definition) is 3. The van der Waals surface area contributed by atoms with Gasteiger partial charge in [-0.2, -0.15) is 0 Å². The predicted octanol–water partition coefficient (Wildman–Crippen LogP) is 1.52. The SMILES string of the molecule is C=CCN(C)CCC(=O)O.NC(=O)N1CCCCCC1. The van der Waals surface area contributed by atoms with Crippen LogP contribution in [0.3, 0.4) is 0 Å². The lowest BCUT2D eigenvalue weighted by Crippen LogP contribution is -2.36. The molecule has 20 heavy (non-hydrogen) atoms. The fraction of sp³-hybridized carbons (Fsp3) is 0.714. The summed E-state index contributed by atoms with van der Waals surface area (Å²) < 4.78 is 0. The fourth-order valence-electron chi connectivity index (χ4n) is 1.89. The van der Waals surface area contributed by atoms with E-state index in [9.17, 15) is 9.59 Å². The van der Waals surface area contributed by atoms with Crippen molar-refractivity contribution in [2.24, 2.45) is 5.73 Å². The van der Waals surface area contributed by atoms with Gasteiger partial charge in [0.25, 0.3) is 0 Å². The van der Waals surface area contributed by atoms with Crippen molar-refractivity contribution in [3.63, 3.8) is 0 Å². The summed E-state index contributed by atoms with van der Waals surface area (Å²) in [6.07, 6.45) is 6.66. The second-order valence-electron chi connectivity index (χ2n) is 4.93. The number of amides is 2. The largest absolute Gasteiger partial charge is 0.481 e. The van der Waals surface area contributed by atoms with Crippen LogP contribution in [0.25, 0.3) is 0 Å². The molecule has 2 amide bonds. The molecule has 1 fully saturated rings. The molecule has 0 aromatic carbocycles. The molecule has 3 N–H and O–H groups in total. The van der Waals surface area contributed by atoms with Gasteiger partial charge >= 0.3 is 12.0 Å². The molecular formula is C14H27N3O3. The van der Waals surface area contributed by atoms with Gasteiger partial charge in [0.15, 0.2) is 0 Å². The molecule has 0 spiro atoms. The summed E-state index contributed by atoms with van der Waals surface area (Å²) in [5.74, 6) is -0.754. The van der Waals surface area contributed by atoms with Crippen LogP contribution in [0.4, 0.5) is 4.79 Å². The first kappa shape index (κ1) is 18.4. The number of urea groups is 1. The normalized spacial score (nSPS) is 15.0. The number of hydrogen-bond donors (Lipinski definition) is 2. The zero-order chi connectivity index (χ0) is 15.4. The molecule has 1 heterocycles. The van der Waals surface area contributed by atoms with Crippen LogP contribution < -0.4 is 5.73 Å². The molecule has 0 unspecified atom stereocenters. The Morgan fingerprint density at radius 1 is 1.30 bits per heavy atom. The number of likely N-dealkylation sites (tertiary alicyclic amines) is 1. The van der Waals surface area contributed by atoms with E-state index < -0.39 is 5.97 Å². The molecule has 6 heteroatoms. The standard InChI is InChI=1S/C7H14N2O.C7H13NO2/c8-7(10)9-5-3-1-2-4-6-9;1-3-5-8(2)6-4-7(9)10/h1-6H2,(H2,8,10);3H,1,4-6H2,2H3,(H,9,10). The highest BCUT2D eigenvalue weighted by Crippen LogP contribution is 2.08. The maximum Gasteiger partial charge on any atom is 0.314 e. The van der Waals surface area contributed by atoms with Crippen LogP contribution in [0.2, 0.25) is 0 Å². The minimum absolute atomic E-state index is 0.199. The summed E-state index contributed by atoms with van der Waals surface area (Å²) in [4.78, 5) is 24.3. The van der Waals surface area contributed by atoms with Crippen molar-refractivity contribution in [3.05, 3.63) is 12.7 Å². The van der Waals surface area contributed by atoms with E-state index in [1.165, 1.54) is 12.8 Å². The molecule has 0 aromatic heterocycles. The first-order valence-electron chi connectivity index (χ1n) is 7.03. The van der Waals surface area contributed by atoms with Gasteiger partial charge in [-0.1, -0.05) is 18.9 Å². The van der Waals surface area contributed by atoms with E-state index in [2.05, 4.69) is 6.58 Å². The van der Waals surface area contributed by atoms with Crippen molar-refractivity contribution < 1.29 is 14.7 Å². The number of nitrogens with two attached hydrogens (primary N) is 1. The molecule has 116 valence electrons. The average molecular weight is 285 g/mol. The molecular weight excluding hydrogens is 258 g/mol. The number of carbonyl (C=O) groups is 2. The molecule has 0 atom stereocenters. The molecule has 1 rings (SSSR count). The molecule has 0 saturated carbocycles. The van der Waals surface area contributed by atoms with Crippen LogP contribution in [0.15, 0.2) is 12.7 Å². The van der Waals surface area contributed by atoms with Gasteiger partial charge in [0.1, 0.15) is 0 Å². The summed E-state index contributed by atoms with van der Waals surface area (Å²) >= 11 is 0. The number of rotatable bonds is 5. The number of carbonyl (C=O) groups excluding carboxylic acids is 1. The average Bonchev–Trinajstić information content (AvgIpc) is 2.66. The molecule has 0 aromatic rings. The van der Waals surface area contributed by atoms with Crippen LogP contribution in [0.1, 0.15) is 32.1 Å². The second-order valence-corrected chi connectivity index (χ2v) is 4.93. The number of aliphatic carboxylic acids is 1. The van der Waals surface area contributed by atoms with E-state index in [0.717, 1.165) is 32.5 Å². The molecule has 1 aliphatic heterocycles. The van der Waals surface area contributed by atoms with Crippen molar-refractivity contribution >= 4 is 12.0 Å². The van der Waals surface area contributed by atoms with Gasteiger partial charge in [-0.25, -0.2) is 4.79 Å². The highest BCUT2D eigenvalue weighted by molar-refractivity contribution is 5.71. The van der Waals surface area contributed by atoms with Gasteiger partial charge in [0.05, 0.1) is 6.42 Å². The monoisotopic (exact) mass is 285 g/mol. The Morgan fingerprint density at radius 2 is 1.85 bits per heavy atom. The van der Waals surface area contributed by atoms with Crippen LogP contribution in [-0.4, -0.2) is 60.1 Å². The lowest BCUT2D eigenvalue weighted by molar-refractivity contribution is -0.137. The van der Waals surface area contributed by atoms with Crippen LogP contribution >= 0.6 is 0 Å². The molecule has 6 nitrogen and oxygen atoms in total. The zero-order valence-electron chi connectivity index (χ0n) is 12.4. The fourth-order valence-corrected chi connectivity index (χ4v) is 1.89. The van der Waals surface area contributed by atoms with Crippen LogP contribution in [0.5, 0.6) is 0 Å². The second kappa shape index (κ2) is 11.3. The molecule has 0 radical (unpaired) electrons. The third-order valence-electron chi connectivity index (χ3n) is 3.07. The van der Waals surface area contributed by atoms with Gasteiger partial charge in [-0.15, -0.1) is 6.58 Å². The smallest absolute Gasteiger partial charge is 0.314 e. The number of likely N-dealkylation sites (N-methyl/N-ethyl adjacent to an activating group) is 1. The molecule has 1 aliphatic rings. The van der Waals surface area contributed by atoms with Gasteiger partial charge in [0.2, 0.25) is 0 Å². The topological polar surface area (TPSA) is 86.9 Å². The van der Waals surface area contributed by atoms with E-state index in [1.807, 2.05) is 11.9 Å². The number of carboxylic acids is 1. The summed E-state index contributed by atoms with van der Waals surface area (Å²) in [5.41, 5.74) is 5.12. The number of nitrogens with zero attached hydrogens (tertiary/aromatic N) is 2. The summed E-state index contributed by atoms with van der Waals surface area (Å²) in [6.45, 7) is 6.58. The summed E-state index contributed by atoms with van der Waals surface area (Å²) in [5, 5.41) is 8.28. The Kier molecular flexibility index (Phi) is 10.4. The predicted molar refractivity (Wildman–Crippen MR) is 79.6 cm³/mol. The first-order valence-corrected chi connectivity index (χ1v) is 7.03. The zero-order valence-corrected chi connectivity index (χ0v) is 12.4. The molecule has 0 aliphatic carbocycles. The van der Waals surface area contributed by atoms with Crippen LogP contribution in [-0.2, 0) is 4.79 Å². The Bertz CT molecular complexity index is 300. The van der Waals surface area contributed by atoms with E-state index >= 15 is 0 Å². The third kappa shape index (κ3) is 10.4. The quantitative estimate of drug-likeness (QED) is 0.750. The van der Waals surface area contributed by atoms with E-state index in [0.29, 0.717) is 6.54 Å². The highest BCUT2D eigenvalue weighted by Gasteiger charge is 2.10. The van der Waals surface area contributed by atoms with E-state index in [4.69, 9.17) is 10.8 Å². The van der Waals surface area contributed by atoms with Crippen molar-refractivity contribution in [2.45, 2.75) is 32.1 Å². The third-order valence-corrected chi connectivity index (χ3v) is 3.07. The minimum atomic E-state index is -0.754. The maximum atomic E-state index is 10.7. The Labute approximate surface area is 121 Å². The van der Waals surface area contributed by atoms with Gasteiger partial charge in [-0.05, 0) is 19.9 Å². The first-order chi connectivity index (χ1) is 9.47. The lowest BCUT2D eigenvalue weighted by Gasteiger charge is -2.16. The summed E-state index contributed by atoms with van der Waals surface area (Å²) in [6, 6.07) is -0.262. The number of carboxylic acid groups (broad SMARTS) is 1. The maximum absolute atomic E-state index is 10.7. The molecule has 0 bridgehead atoms. The van der Waals surface area contributed by atoms with Crippen molar-refractivity contribution in [3.8, 4) is 0 Å².